The van der Waals surface area contributed by atoms with Gasteiger partial charge in [-0.2, -0.15) is 0 Å². The van der Waals surface area contributed by atoms with E-state index in [-0.39, 0.29) is 0 Å². The summed E-state index contributed by atoms with van der Waals surface area (Å²) < 4.78 is 5.74. The lowest BCUT2D eigenvalue weighted by molar-refractivity contribution is 0.0665. The van der Waals surface area contributed by atoms with Gasteiger partial charge in [-0.1, -0.05) is 27.7 Å². The van der Waals surface area contributed by atoms with Crippen LogP contribution in [0.2, 0.25) is 0 Å². The van der Waals surface area contributed by atoms with Gasteiger partial charge in [-0.15, -0.1) is 0 Å². The smallest absolute Gasteiger partial charge is 0.122 e. The molecule has 3 heteroatoms. The Hall–Kier alpha value is -0.800. The van der Waals surface area contributed by atoms with Crippen molar-refractivity contribution in [3.05, 3.63) is 23.7 Å². The summed E-state index contributed by atoms with van der Waals surface area (Å²) in [5.41, 5.74) is 1.30. The molecule has 3 atom stereocenters. The molecule has 0 amide bonds. The Balaban J connectivity index is 2.00. The monoisotopic (exact) mass is 278 g/mol. The lowest BCUT2D eigenvalue weighted by atomic mass is 9.86. The fourth-order valence-electron chi connectivity index (χ4n) is 3.20. The van der Waals surface area contributed by atoms with Gasteiger partial charge in [0.1, 0.15) is 5.76 Å². The van der Waals surface area contributed by atoms with Gasteiger partial charge in [-0.25, -0.2) is 0 Å². The molecule has 0 saturated carbocycles. The highest BCUT2D eigenvalue weighted by atomic mass is 16.3. The van der Waals surface area contributed by atoms with Crippen molar-refractivity contribution in [1.29, 1.82) is 0 Å². The molecule has 1 aliphatic heterocycles. The molecule has 1 aliphatic rings. The second kappa shape index (κ2) is 6.77. The zero-order valence-electron chi connectivity index (χ0n) is 13.6. The third-order valence-electron chi connectivity index (χ3n) is 4.60. The first-order valence-corrected chi connectivity index (χ1v) is 8.00. The Morgan fingerprint density at radius 3 is 2.80 bits per heavy atom. The van der Waals surface area contributed by atoms with E-state index in [9.17, 15) is 0 Å². The lowest BCUT2D eigenvalue weighted by Crippen LogP contribution is -2.45. The van der Waals surface area contributed by atoms with Crippen LogP contribution in [0.4, 0.5) is 0 Å². The molecule has 1 N–H and O–H groups in total. The zero-order chi connectivity index (χ0) is 14.7. The van der Waals surface area contributed by atoms with Gasteiger partial charge in [0.2, 0.25) is 0 Å². The predicted molar refractivity (Wildman–Crippen MR) is 83.5 cm³/mol. The van der Waals surface area contributed by atoms with Gasteiger partial charge in [-0.05, 0) is 31.2 Å². The third-order valence-corrected chi connectivity index (χ3v) is 4.60. The Kier molecular flexibility index (Phi) is 5.28. The Bertz CT molecular complexity index is 413. The molecule has 0 aromatic carbocycles. The summed E-state index contributed by atoms with van der Waals surface area (Å²) in [5.74, 6) is 2.69. The second-order valence-electron chi connectivity index (χ2n) is 6.89. The summed E-state index contributed by atoms with van der Waals surface area (Å²) >= 11 is 0. The standard InChI is InChI=1S/C17H30N2O/c1-12(2)18-9-16-6-7-20-17(16)11-19-10-13(3)8-14(4)15(19)5/h6-7,12-15,18H,8-11H2,1-5H3. The van der Waals surface area contributed by atoms with Crippen LogP contribution < -0.4 is 5.32 Å². The van der Waals surface area contributed by atoms with Gasteiger partial charge >= 0.3 is 0 Å². The first-order valence-electron chi connectivity index (χ1n) is 8.00. The van der Waals surface area contributed by atoms with Crippen molar-refractivity contribution in [2.75, 3.05) is 6.54 Å². The predicted octanol–water partition coefficient (Wildman–Crippen LogP) is 3.64. The summed E-state index contributed by atoms with van der Waals surface area (Å²) in [7, 11) is 0. The molecule has 1 fully saturated rings. The number of piperidine rings is 1. The van der Waals surface area contributed by atoms with Crippen LogP contribution in [0, 0.1) is 11.8 Å². The molecule has 1 aromatic heterocycles. The molecule has 1 aromatic rings. The van der Waals surface area contributed by atoms with Crippen LogP contribution in [0.25, 0.3) is 0 Å². The maximum absolute atomic E-state index is 5.74. The summed E-state index contributed by atoms with van der Waals surface area (Å²) in [6.45, 7) is 14.5. The lowest BCUT2D eigenvalue weighted by Gasteiger charge is -2.40. The average Bonchev–Trinajstić information content (AvgIpc) is 2.80. The number of rotatable bonds is 5. The molecular formula is C17H30N2O. The van der Waals surface area contributed by atoms with E-state index in [2.05, 4.69) is 50.9 Å². The van der Waals surface area contributed by atoms with E-state index in [4.69, 9.17) is 4.42 Å². The van der Waals surface area contributed by atoms with Gasteiger partial charge < -0.3 is 9.73 Å². The van der Waals surface area contributed by atoms with Crippen LogP contribution in [0.3, 0.4) is 0 Å². The molecule has 0 radical (unpaired) electrons. The molecule has 0 bridgehead atoms. The minimum absolute atomic E-state index is 0.506. The van der Waals surface area contributed by atoms with Crippen LogP contribution in [-0.2, 0) is 13.1 Å². The van der Waals surface area contributed by atoms with Crippen molar-refractivity contribution in [3.8, 4) is 0 Å². The molecule has 0 spiro atoms. The average molecular weight is 278 g/mol. The molecule has 3 unspecified atom stereocenters. The highest BCUT2D eigenvalue weighted by Gasteiger charge is 2.29. The SMILES string of the molecule is CC1CC(C)C(C)N(Cc2occc2CNC(C)C)C1. The van der Waals surface area contributed by atoms with Crippen molar-refractivity contribution >= 4 is 0 Å². The maximum Gasteiger partial charge on any atom is 0.122 e. The molecule has 1 saturated heterocycles. The second-order valence-corrected chi connectivity index (χ2v) is 6.89. The Morgan fingerprint density at radius 1 is 1.35 bits per heavy atom. The molecule has 0 aliphatic carbocycles. The van der Waals surface area contributed by atoms with E-state index in [1.807, 2.05) is 6.26 Å². The molecule has 2 heterocycles. The van der Waals surface area contributed by atoms with Gasteiger partial charge in [0.05, 0.1) is 12.8 Å². The molecule has 20 heavy (non-hydrogen) atoms. The van der Waals surface area contributed by atoms with E-state index in [0.29, 0.717) is 12.1 Å². The molecule has 3 nitrogen and oxygen atoms in total. The summed E-state index contributed by atoms with van der Waals surface area (Å²) in [6, 6.07) is 3.25. The number of hydrogen-bond donors (Lipinski definition) is 1. The highest BCUT2D eigenvalue weighted by Crippen LogP contribution is 2.28. The van der Waals surface area contributed by atoms with Crippen LogP contribution >= 0.6 is 0 Å². The normalized spacial score (nSPS) is 28.2. The summed E-state index contributed by atoms with van der Waals surface area (Å²) in [4.78, 5) is 2.58. The molecule has 114 valence electrons. The Morgan fingerprint density at radius 2 is 2.10 bits per heavy atom. The van der Waals surface area contributed by atoms with Crippen molar-refractivity contribution in [2.24, 2.45) is 11.8 Å². The number of nitrogens with one attached hydrogen (secondary N) is 1. The fourth-order valence-corrected chi connectivity index (χ4v) is 3.20. The van der Waals surface area contributed by atoms with Crippen molar-refractivity contribution in [3.63, 3.8) is 0 Å². The minimum atomic E-state index is 0.506. The van der Waals surface area contributed by atoms with E-state index >= 15 is 0 Å². The highest BCUT2D eigenvalue weighted by molar-refractivity contribution is 5.17. The number of furan rings is 1. The van der Waals surface area contributed by atoms with Gasteiger partial charge in [0.25, 0.3) is 0 Å². The van der Waals surface area contributed by atoms with Gasteiger partial charge in [0.15, 0.2) is 0 Å². The fraction of sp³-hybridized carbons (Fsp3) is 0.765. The summed E-state index contributed by atoms with van der Waals surface area (Å²) in [5, 5.41) is 3.48. The topological polar surface area (TPSA) is 28.4 Å². The van der Waals surface area contributed by atoms with Crippen molar-refractivity contribution in [2.45, 2.75) is 66.2 Å². The van der Waals surface area contributed by atoms with Crippen molar-refractivity contribution in [1.82, 2.24) is 10.2 Å². The Labute approximate surface area is 123 Å². The van der Waals surface area contributed by atoms with Crippen LogP contribution in [0.5, 0.6) is 0 Å². The van der Waals surface area contributed by atoms with Crippen molar-refractivity contribution < 1.29 is 4.42 Å². The molecular weight excluding hydrogens is 248 g/mol. The number of hydrogen-bond acceptors (Lipinski definition) is 3. The zero-order valence-corrected chi connectivity index (χ0v) is 13.6. The van der Waals surface area contributed by atoms with E-state index < -0.39 is 0 Å². The van der Waals surface area contributed by atoms with Gasteiger partial charge in [0, 0.05) is 30.7 Å². The first kappa shape index (κ1) is 15.6. The molecule has 2 rings (SSSR count). The van der Waals surface area contributed by atoms with Gasteiger partial charge in [-0.3, -0.25) is 4.90 Å². The van der Waals surface area contributed by atoms with Crippen LogP contribution in [0.15, 0.2) is 16.7 Å². The van der Waals surface area contributed by atoms with E-state index in [0.717, 1.165) is 30.7 Å². The van der Waals surface area contributed by atoms with E-state index in [1.165, 1.54) is 18.5 Å². The minimum Gasteiger partial charge on any atom is -0.468 e. The maximum atomic E-state index is 5.74. The summed E-state index contributed by atoms with van der Waals surface area (Å²) in [6.07, 6.45) is 3.17. The number of nitrogens with zero attached hydrogens (tertiary/aromatic N) is 1. The third kappa shape index (κ3) is 3.86. The van der Waals surface area contributed by atoms with E-state index in [1.54, 1.807) is 0 Å². The number of likely N-dealkylation sites (tertiary alicyclic amines) is 1. The largest absolute Gasteiger partial charge is 0.468 e. The van der Waals surface area contributed by atoms with Crippen LogP contribution in [0.1, 0.15) is 52.4 Å². The quantitative estimate of drug-likeness (QED) is 0.891. The van der Waals surface area contributed by atoms with Crippen LogP contribution in [-0.4, -0.2) is 23.5 Å². The first-order chi connectivity index (χ1) is 9.47.